The third-order valence-corrected chi connectivity index (χ3v) is 1.91. The molecule has 0 unspecified atom stereocenters. The van der Waals surface area contributed by atoms with Crippen LogP contribution in [0.4, 0.5) is 10.2 Å². The molecule has 78 valence electrons. The van der Waals surface area contributed by atoms with Crippen molar-refractivity contribution in [2.24, 2.45) is 0 Å². The molecule has 0 radical (unpaired) electrons. The molecule has 2 rings (SSSR count). The fraction of sp³-hybridized carbons (Fsp3) is 0.111. The molecule has 0 fully saturated rings. The Morgan fingerprint density at radius 1 is 1.47 bits per heavy atom. The number of nitrogens with zero attached hydrogens (tertiary/aromatic N) is 3. The lowest BCUT2D eigenvalue weighted by Crippen LogP contribution is -1.97. The molecule has 0 aliphatic rings. The number of halogens is 1. The minimum atomic E-state index is -0.455. The van der Waals surface area contributed by atoms with Crippen molar-refractivity contribution in [2.75, 3.05) is 12.8 Å². The lowest BCUT2D eigenvalue weighted by Gasteiger charge is -2.03. The topological polar surface area (TPSA) is 66.0 Å². The van der Waals surface area contributed by atoms with E-state index in [2.05, 4.69) is 10.3 Å². The monoisotopic (exact) mass is 208 g/mol. The lowest BCUT2D eigenvalue weighted by atomic mass is 10.3. The Morgan fingerprint density at radius 2 is 2.27 bits per heavy atom. The molecule has 0 saturated carbocycles. The van der Waals surface area contributed by atoms with Gasteiger partial charge in [0.15, 0.2) is 17.4 Å². The van der Waals surface area contributed by atoms with Gasteiger partial charge in [0.05, 0.1) is 19.0 Å². The van der Waals surface area contributed by atoms with E-state index in [-0.39, 0.29) is 11.6 Å². The van der Waals surface area contributed by atoms with Gasteiger partial charge in [0.2, 0.25) is 0 Å². The highest BCUT2D eigenvalue weighted by molar-refractivity contribution is 5.39. The summed E-state index contributed by atoms with van der Waals surface area (Å²) < 4.78 is 19.5. The highest BCUT2D eigenvalue weighted by Gasteiger charge is 2.05. The number of hydrogen-bond acceptors (Lipinski definition) is 4. The van der Waals surface area contributed by atoms with Crippen LogP contribution in [0.1, 0.15) is 0 Å². The van der Waals surface area contributed by atoms with Crippen molar-refractivity contribution < 1.29 is 9.13 Å². The highest BCUT2D eigenvalue weighted by Crippen LogP contribution is 2.19. The van der Waals surface area contributed by atoms with Gasteiger partial charge in [0.25, 0.3) is 0 Å². The largest absolute Gasteiger partial charge is 0.494 e. The van der Waals surface area contributed by atoms with E-state index in [0.29, 0.717) is 5.69 Å². The van der Waals surface area contributed by atoms with Crippen LogP contribution in [0.15, 0.2) is 24.4 Å². The van der Waals surface area contributed by atoms with Crippen molar-refractivity contribution in [3.8, 4) is 11.4 Å². The van der Waals surface area contributed by atoms with Crippen molar-refractivity contribution in [3.63, 3.8) is 0 Å². The summed E-state index contributed by atoms with van der Waals surface area (Å²) in [6, 6.07) is 4.48. The number of anilines is 1. The zero-order valence-electron chi connectivity index (χ0n) is 8.01. The van der Waals surface area contributed by atoms with E-state index in [1.165, 1.54) is 30.1 Å². The van der Waals surface area contributed by atoms with Gasteiger partial charge in [-0.25, -0.2) is 9.07 Å². The predicted molar refractivity (Wildman–Crippen MR) is 52.3 cm³/mol. The van der Waals surface area contributed by atoms with E-state index < -0.39 is 5.82 Å². The second-order valence-electron chi connectivity index (χ2n) is 2.91. The molecule has 0 aliphatic carbocycles. The third-order valence-electron chi connectivity index (χ3n) is 1.91. The standard InChI is InChI=1S/C9H9FN4O/c1-15-8-3-2-6(4-7(8)10)14-5-9(11)12-13-14/h2-5H,11H2,1H3. The summed E-state index contributed by atoms with van der Waals surface area (Å²) in [7, 11) is 1.41. The molecule has 15 heavy (non-hydrogen) atoms. The maximum Gasteiger partial charge on any atom is 0.167 e. The zero-order valence-corrected chi connectivity index (χ0v) is 8.01. The maximum atomic E-state index is 13.3. The van der Waals surface area contributed by atoms with Crippen LogP contribution in [-0.4, -0.2) is 22.1 Å². The number of rotatable bonds is 2. The Kier molecular flexibility index (Phi) is 2.24. The first kappa shape index (κ1) is 9.45. The van der Waals surface area contributed by atoms with Crippen LogP contribution in [-0.2, 0) is 0 Å². The van der Waals surface area contributed by atoms with Crippen molar-refractivity contribution in [1.29, 1.82) is 0 Å². The Bertz CT molecular complexity index is 483. The first-order valence-electron chi connectivity index (χ1n) is 4.22. The molecule has 5 nitrogen and oxygen atoms in total. The van der Waals surface area contributed by atoms with Gasteiger partial charge in [-0.15, -0.1) is 5.10 Å². The molecule has 0 amide bonds. The van der Waals surface area contributed by atoms with Crippen molar-refractivity contribution in [2.45, 2.75) is 0 Å². The Labute approximate surface area is 85.3 Å². The minimum absolute atomic E-state index is 0.187. The van der Waals surface area contributed by atoms with E-state index in [9.17, 15) is 4.39 Å². The van der Waals surface area contributed by atoms with Gasteiger partial charge in [0.1, 0.15) is 0 Å². The van der Waals surface area contributed by atoms with E-state index in [1.807, 2.05) is 0 Å². The second-order valence-corrected chi connectivity index (χ2v) is 2.91. The summed E-state index contributed by atoms with van der Waals surface area (Å²) >= 11 is 0. The summed E-state index contributed by atoms with van der Waals surface area (Å²) in [5.41, 5.74) is 5.94. The van der Waals surface area contributed by atoms with Gasteiger partial charge in [0, 0.05) is 6.07 Å². The molecule has 0 atom stereocenters. The lowest BCUT2D eigenvalue weighted by molar-refractivity contribution is 0.386. The van der Waals surface area contributed by atoms with Crippen LogP contribution in [0.5, 0.6) is 5.75 Å². The van der Waals surface area contributed by atoms with Gasteiger partial charge >= 0.3 is 0 Å². The van der Waals surface area contributed by atoms with Crippen LogP contribution in [0.25, 0.3) is 5.69 Å². The third kappa shape index (κ3) is 1.74. The van der Waals surface area contributed by atoms with Crippen LogP contribution >= 0.6 is 0 Å². The Balaban J connectivity index is 2.42. The van der Waals surface area contributed by atoms with Crippen LogP contribution in [0, 0.1) is 5.82 Å². The van der Waals surface area contributed by atoms with E-state index in [1.54, 1.807) is 6.07 Å². The van der Waals surface area contributed by atoms with Crippen molar-refractivity contribution in [3.05, 3.63) is 30.2 Å². The molecule has 1 aromatic carbocycles. The molecule has 2 aromatic rings. The van der Waals surface area contributed by atoms with Crippen LogP contribution in [0.3, 0.4) is 0 Å². The highest BCUT2D eigenvalue weighted by atomic mass is 19.1. The predicted octanol–water partition coefficient (Wildman–Crippen LogP) is 0.997. The second kappa shape index (κ2) is 3.56. The van der Waals surface area contributed by atoms with Gasteiger partial charge in [-0.3, -0.25) is 0 Å². The number of benzene rings is 1. The number of hydrogen-bond donors (Lipinski definition) is 1. The number of nitrogens with two attached hydrogens (primary N) is 1. The summed E-state index contributed by atoms with van der Waals surface area (Å²) in [6.45, 7) is 0. The van der Waals surface area contributed by atoms with E-state index in [4.69, 9.17) is 10.5 Å². The van der Waals surface area contributed by atoms with Crippen LogP contribution in [0.2, 0.25) is 0 Å². The molecular weight excluding hydrogens is 199 g/mol. The minimum Gasteiger partial charge on any atom is -0.494 e. The molecule has 0 saturated heterocycles. The Hall–Kier alpha value is -2.11. The number of nitrogen functional groups attached to an aromatic ring is 1. The number of aromatic nitrogens is 3. The molecule has 0 spiro atoms. The van der Waals surface area contributed by atoms with Crippen molar-refractivity contribution >= 4 is 5.82 Å². The number of methoxy groups -OCH3 is 1. The summed E-state index contributed by atoms with van der Waals surface area (Å²) in [4.78, 5) is 0. The maximum absolute atomic E-state index is 13.3. The molecule has 0 aliphatic heterocycles. The molecule has 1 aromatic heterocycles. The van der Waals surface area contributed by atoms with E-state index >= 15 is 0 Å². The summed E-state index contributed by atoms with van der Waals surface area (Å²) in [5, 5.41) is 7.32. The molecule has 0 bridgehead atoms. The van der Waals surface area contributed by atoms with Gasteiger partial charge in [-0.1, -0.05) is 5.21 Å². The fourth-order valence-electron chi connectivity index (χ4n) is 1.20. The Morgan fingerprint density at radius 3 is 2.80 bits per heavy atom. The average molecular weight is 208 g/mol. The SMILES string of the molecule is COc1ccc(-n2cc(N)nn2)cc1F. The molecular formula is C9H9FN4O. The zero-order chi connectivity index (χ0) is 10.8. The van der Waals surface area contributed by atoms with Gasteiger partial charge in [-0.05, 0) is 12.1 Å². The normalized spacial score (nSPS) is 10.3. The van der Waals surface area contributed by atoms with Gasteiger partial charge < -0.3 is 10.5 Å². The van der Waals surface area contributed by atoms with Gasteiger partial charge in [-0.2, -0.15) is 0 Å². The van der Waals surface area contributed by atoms with Crippen molar-refractivity contribution in [1.82, 2.24) is 15.0 Å². The molecule has 1 heterocycles. The van der Waals surface area contributed by atoms with Crippen LogP contribution < -0.4 is 10.5 Å². The molecule has 6 heteroatoms. The molecule has 2 N–H and O–H groups in total. The smallest absolute Gasteiger partial charge is 0.167 e. The average Bonchev–Trinajstić information content (AvgIpc) is 2.65. The first-order valence-corrected chi connectivity index (χ1v) is 4.22. The fourth-order valence-corrected chi connectivity index (χ4v) is 1.20. The first-order chi connectivity index (χ1) is 7.20. The summed E-state index contributed by atoms with van der Waals surface area (Å²) in [6.07, 6.45) is 1.50. The van der Waals surface area contributed by atoms with E-state index in [0.717, 1.165) is 0 Å². The quantitative estimate of drug-likeness (QED) is 0.799. The summed E-state index contributed by atoms with van der Waals surface area (Å²) in [5.74, 6) is 0.0159. The number of ether oxygens (including phenoxy) is 1.